The first-order valence-corrected chi connectivity index (χ1v) is 33.6. The van der Waals surface area contributed by atoms with Gasteiger partial charge < -0.3 is 92.5 Å². The molecule has 10 atom stereocenters. The zero-order valence-corrected chi connectivity index (χ0v) is 55.3. The Morgan fingerprint density at radius 2 is 1.01 bits per heavy atom. The molecule has 2 aliphatic rings. The first-order chi connectivity index (χ1) is 45.2. The molecule has 2 fully saturated rings. The van der Waals surface area contributed by atoms with Crippen molar-refractivity contribution >= 4 is 94.5 Å². The Morgan fingerprint density at radius 3 is 1.51 bits per heavy atom. The van der Waals surface area contributed by atoms with Crippen molar-refractivity contribution < 1.29 is 62.3 Å². The van der Waals surface area contributed by atoms with E-state index in [0.717, 1.165) is 0 Å². The Kier molecular flexibility index (Phi) is 33.9. The summed E-state index contributed by atoms with van der Waals surface area (Å²) in [6.07, 6.45) is 3.12. The molecular weight excluding hydrogens is 1250 g/mol. The van der Waals surface area contributed by atoms with Crippen molar-refractivity contribution in [2.45, 2.75) is 183 Å². The van der Waals surface area contributed by atoms with Crippen molar-refractivity contribution in [1.29, 1.82) is 0 Å². The highest BCUT2D eigenvalue weighted by Gasteiger charge is 2.42. The fraction of sp³-hybridized carbons (Fsp3) is 0.587. The number of carbonyl (C=O) groups is 13. The highest BCUT2D eigenvalue weighted by molar-refractivity contribution is 7.98. The average Bonchev–Trinajstić information content (AvgIpc) is 1.74. The Bertz CT molecular complexity index is 2960. The molecule has 0 spiro atoms. The first-order valence-electron chi connectivity index (χ1n) is 32.2. The molecule has 0 aliphatic carbocycles. The number of nitrogens with two attached hydrogens (primary N) is 7. The van der Waals surface area contributed by atoms with Gasteiger partial charge >= 0.3 is 0 Å². The minimum Gasteiger partial charge on any atom is -0.370 e. The molecule has 2 aromatic rings. The third-order valence-electron chi connectivity index (χ3n) is 16.0. The first kappa shape index (κ1) is 78.5. The van der Waals surface area contributed by atoms with Gasteiger partial charge in [0.1, 0.15) is 54.4 Å². The minimum atomic E-state index is -1.64. The fourth-order valence-corrected chi connectivity index (χ4v) is 11.5. The number of thioether (sulfide) groups is 1. The van der Waals surface area contributed by atoms with Gasteiger partial charge in [-0.3, -0.25) is 67.3 Å². The normalized spacial score (nSPS) is 16.8. The molecule has 0 radical (unpaired) electrons. The lowest BCUT2D eigenvalue weighted by Crippen LogP contribution is -2.60. The van der Waals surface area contributed by atoms with Gasteiger partial charge in [-0.05, 0) is 119 Å². The SMILES string of the molecule is CSCC[C@H](NC(=O)[C@@H](CC(C)C)NC(=O)CNC(=O)[C@@H](Cc1ccccc1)NC(=O)[C@@H](Cc1ccccc1)NC(=O)[C@H](CCC(N)=O)NC(=O)[C@H](CCC(N)=O)NC(=O)[C@H]1CCCN1C(=O)[C@H](CCCCN)NC(=O)[C@@H]1CCCN1C(=O)[C@@H](N)CCCN=C(N)N)C(N)=O. The molecule has 0 unspecified atom stereocenters. The molecule has 524 valence electrons. The van der Waals surface area contributed by atoms with E-state index in [1.165, 1.54) is 21.6 Å². The number of aliphatic imine (C=N–C) groups is 1. The lowest BCUT2D eigenvalue weighted by atomic mass is 10.0. The number of unbranched alkanes of at least 4 members (excludes halogenated alkanes) is 1. The summed E-state index contributed by atoms with van der Waals surface area (Å²) in [6.45, 7) is 3.86. The van der Waals surface area contributed by atoms with Gasteiger partial charge in [-0.15, -0.1) is 0 Å². The Balaban J connectivity index is 1.56. The lowest BCUT2D eigenvalue weighted by molar-refractivity contribution is -0.144. The van der Waals surface area contributed by atoms with E-state index in [1.54, 1.807) is 60.7 Å². The number of guanidine groups is 1. The molecule has 2 aliphatic heterocycles. The van der Waals surface area contributed by atoms with Gasteiger partial charge in [-0.25, -0.2) is 0 Å². The monoisotopic (exact) mass is 1350 g/mol. The molecule has 0 bridgehead atoms. The molecule has 31 nitrogen and oxygen atoms in total. The standard InChI is InChI=1S/C63H98N18O13S/c1-37(2)33-45(57(89)74-41(53(68)85)27-32-95-3)73-52(84)36-72-54(86)46(34-38-15-6-4-7-16-38)78-58(90)47(35-39-17-8-5-9-18-39)79-56(88)42(23-25-50(66)82)75-55(87)43(24-26-51(67)83)76-59(91)49-22-14-31-81(49)62(94)44(20-10-11-28-64)77-60(92)48-21-13-30-80(48)61(93)40(65)19-12-29-71-63(69)70/h4-9,15-18,37,40-49H,10-14,19-36,64-65H2,1-3H3,(H2,66,82)(H2,67,83)(H2,68,85)(H,72,86)(H,73,84)(H,74,89)(H,75,87)(H,76,91)(H,77,92)(H,78,90)(H,79,88)(H4,69,70,71)/t40-,41-,42-,43-,44-,45+,46+,47+,48-,49+/m0/s1. The number of carbonyl (C=O) groups excluding carboxylic acids is 13. The van der Waals surface area contributed by atoms with Crippen molar-refractivity contribution in [3.05, 3.63) is 71.8 Å². The zero-order valence-electron chi connectivity index (χ0n) is 54.5. The summed E-state index contributed by atoms with van der Waals surface area (Å²) in [4.78, 5) is 185. The number of benzene rings is 2. The fourth-order valence-electron chi connectivity index (χ4n) is 11.0. The number of amides is 13. The van der Waals surface area contributed by atoms with Crippen molar-refractivity contribution in [3.8, 4) is 0 Å². The van der Waals surface area contributed by atoms with Crippen LogP contribution in [0.4, 0.5) is 0 Å². The molecule has 4 rings (SSSR count). The third kappa shape index (κ3) is 27.5. The zero-order chi connectivity index (χ0) is 70.1. The molecule has 13 amide bonds. The number of likely N-dealkylation sites (tertiary alicyclic amines) is 2. The van der Waals surface area contributed by atoms with Crippen LogP contribution in [0.2, 0.25) is 0 Å². The molecule has 2 aromatic carbocycles. The molecule has 2 heterocycles. The summed E-state index contributed by atoms with van der Waals surface area (Å²) in [6, 6.07) is 4.51. The summed E-state index contributed by atoms with van der Waals surface area (Å²) in [5.41, 5.74) is 40.6. The second kappa shape index (κ2) is 41.0. The van der Waals surface area contributed by atoms with E-state index in [9.17, 15) is 62.3 Å². The smallest absolute Gasteiger partial charge is 0.245 e. The number of hydrogen-bond donors (Lipinski definition) is 15. The van der Waals surface area contributed by atoms with Gasteiger partial charge in [-0.1, -0.05) is 74.5 Å². The average molecular weight is 1350 g/mol. The van der Waals surface area contributed by atoms with Crippen molar-refractivity contribution in [1.82, 2.24) is 52.3 Å². The van der Waals surface area contributed by atoms with Crippen LogP contribution in [0.3, 0.4) is 0 Å². The Labute approximate surface area is 558 Å². The minimum absolute atomic E-state index is 0.0736. The van der Waals surface area contributed by atoms with Gasteiger partial charge in [0, 0.05) is 45.3 Å². The van der Waals surface area contributed by atoms with Crippen LogP contribution in [0.1, 0.15) is 121 Å². The van der Waals surface area contributed by atoms with Crippen LogP contribution < -0.4 is 82.7 Å². The predicted octanol–water partition coefficient (Wildman–Crippen LogP) is -3.71. The third-order valence-corrected chi connectivity index (χ3v) is 16.7. The van der Waals surface area contributed by atoms with Crippen molar-refractivity contribution in [3.63, 3.8) is 0 Å². The van der Waals surface area contributed by atoms with Gasteiger partial charge in [0.15, 0.2) is 5.96 Å². The second-order valence-corrected chi connectivity index (χ2v) is 25.1. The topological polar surface area (TPSA) is 519 Å². The second-order valence-electron chi connectivity index (χ2n) is 24.1. The maximum atomic E-state index is 14.7. The van der Waals surface area contributed by atoms with Crippen molar-refractivity contribution in [2.75, 3.05) is 44.7 Å². The van der Waals surface area contributed by atoms with Gasteiger partial charge in [0.25, 0.3) is 0 Å². The number of rotatable bonds is 42. The largest absolute Gasteiger partial charge is 0.370 e. The Hall–Kier alpha value is -8.91. The van der Waals surface area contributed by atoms with Gasteiger partial charge in [0.2, 0.25) is 76.8 Å². The van der Waals surface area contributed by atoms with E-state index >= 15 is 0 Å². The van der Waals surface area contributed by atoms with E-state index in [1.807, 2.05) is 20.1 Å². The van der Waals surface area contributed by atoms with E-state index < -0.39 is 169 Å². The molecular formula is C63H98N18O13S. The number of primary amides is 3. The summed E-state index contributed by atoms with van der Waals surface area (Å²) in [5.74, 6) is -9.80. The van der Waals surface area contributed by atoms with E-state index in [0.29, 0.717) is 55.4 Å². The van der Waals surface area contributed by atoms with Gasteiger partial charge in [-0.2, -0.15) is 11.8 Å². The quantitative estimate of drug-likeness (QED) is 0.0173. The van der Waals surface area contributed by atoms with Crippen LogP contribution in [-0.4, -0.2) is 198 Å². The molecule has 0 aromatic heterocycles. The van der Waals surface area contributed by atoms with Crippen LogP contribution in [0.15, 0.2) is 65.7 Å². The van der Waals surface area contributed by atoms with Crippen LogP contribution in [-0.2, 0) is 75.2 Å². The van der Waals surface area contributed by atoms with Crippen LogP contribution in [0.5, 0.6) is 0 Å². The summed E-state index contributed by atoms with van der Waals surface area (Å²) in [7, 11) is 0. The molecule has 2 saturated heterocycles. The molecule has 0 saturated carbocycles. The lowest BCUT2D eigenvalue weighted by Gasteiger charge is -2.32. The summed E-state index contributed by atoms with van der Waals surface area (Å²) < 4.78 is 0. The van der Waals surface area contributed by atoms with Crippen LogP contribution >= 0.6 is 11.8 Å². The summed E-state index contributed by atoms with van der Waals surface area (Å²) in [5, 5.41) is 21.1. The van der Waals surface area contributed by atoms with Crippen LogP contribution in [0.25, 0.3) is 0 Å². The number of hydrogen-bond acceptors (Lipinski definition) is 17. The maximum Gasteiger partial charge on any atom is 0.245 e. The number of nitrogens with zero attached hydrogens (tertiary/aromatic N) is 3. The van der Waals surface area contributed by atoms with E-state index in [4.69, 9.17) is 40.1 Å². The van der Waals surface area contributed by atoms with Crippen molar-refractivity contribution in [2.24, 2.45) is 51.0 Å². The maximum absolute atomic E-state index is 14.7. The molecule has 32 heteroatoms. The van der Waals surface area contributed by atoms with Gasteiger partial charge in [0.05, 0.1) is 12.6 Å². The highest BCUT2D eigenvalue weighted by Crippen LogP contribution is 2.24. The van der Waals surface area contributed by atoms with E-state index in [-0.39, 0.29) is 83.0 Å². The highest BCUT2D eigenvalue weighted by atomic mass is 32.2. The molecule has 95 heavy (non-hydrogen) atoms. The summed E-state index contributed by atoms with van der Waals surface area (Å²) >= 11 is 1.45. The van der Waals surface area contributed by atoms with Crippen LogP contribution in [0, 0.1) is 5.92 Å². The number of nitrogens with one attached hydrogen (secondary N) is 8. The molecule has 22 N–H and O–H groups in total. The predicted molar refractivity (Wildman–Crippen MR) is 356 cm³/mol. The van der Waals surface area contributed by atoms with E-state index in [2.05, 4.69) is 47.5 Å². The Morgan fingerprint density at radius 1 is 0.537 bits per heavy atom.